The van der Waals surface area contributed by atoms with Gasteiger partial charge in [-0.1, -0.05) is 5.92 Å². The van der Waals surface area contributed by atoms with Gasteiger partial charge < -0.3 is 5.73 Å². The van der Waals surface area contributed by atoms with Crippen molar-refractivity contribution in [3.8, 4) is 12.3 Å². The second kappa shape index (κ2) is 3.99. The second-order valence-electron chi connectivity index (χ2n) is 4.68. The number of hydrogen-bond acceptors (Lipinski definition) is 4. The van der Waals surface area contributed by atoms with Crippen LogP contribution in [0.1, 0.15) is 19.8 Å². The van der Waals surface area contributed by atoms with Gasteiger partial charge in [-0.2, -0.15) is 4.99 Å². The van der Waals surface area contributed by atoms with Crippen LogP contribution in [0.5, 0.6) is 0 Å². The molecular formula is C11H15N3O3S. The average molecular weight is 269 g/mol. The summed E-state index contributed by atoms with van der Waals surface area (Å²) >= 11 is 0. The number of amidine groups is 1. The topological polar surface area (TPSA) is 92.8 Å². The lowest BCUT2D eigenvalue weighted by Gasteiger charge is -2.42. The summed E-state index contributed by atoms with van der Waals surface area (Å²) in [4.78, 5) is 17.0. The molecule has 0 aromatic heterocycles. The summed E-state index contributed by atoms with van der Waals surface area (Å²) in [5, 5.41) is 0. The van der Waals surface area contributed by atoms with E-state index in [4.69, 9.17) is 12.2 Å². The third-order valence-corrected chi connectivity index (χ3v) is 5.29. The van der Waals surface area contributed by atoms with E-state index in [0.717, 1.165) is 0 Å². The maximum atomic E-state index is 11.8. The molecule has 6 nitrogen and oxygen atoms in total. The van der Waals surface area contributed by atoms with Gasteiger partial charge in [-0.25, -0.2) is 13.2 Å². The molecule has 2 rings (SSSR count). The first kappa shape index (κ1) is 12.9. The molecule has 1 fully saturated rings. The zero-order valence-electron chi connectivity index (χ0n) is 10.1. The highest BCUT2D eigenvalue weighted by Crippen LogP contribution is 2.36. The Kier molecular flexibility index (Phi) is 2.86. The molecule has 2 aliphatic rings. The van der Waals surface area contributed by atoms with Crippen LogP contribution in [0, 0.1) is 12.3 Å². The zero-order chi connectivity index (χ0) is 13.6. The number of sulfone groups is 1. The number of carbonyl (C=O) groups is 1. The summed E-state index contributed by atoms with van der Waals surface area (Å²) in [7, 11) is -3.04. The Bertz CT molecular complexity index is 545. The lowest BCUT2D eigenvalue weighted by molar-refractivity contribution is 0.151. The van der Waals surface area contributed by atoms with Crippen molar-refractivity contribution in [2.45, 2.75) is 31.3 Å². The van der Waals surface area contributed by atoms with E-state index in [9.17, 15) is 13.2 Å². The van der Waals surface area contributed by atoms with Crippen molar-refractivity contribution in [3.63, 3.8) is 0 Å². The number of hydrogen-bond donors (Lipinski definition) is 1. The number of carbonyl (C=O) groups excluding carboxylic acids is 1. The molecule has 0 saturated carbocycles. The number of amides is 2. The molecule has 0 aromatic rings. The monoisotopic (exact) mass is 269 g/mol. The first-order valence-corrected chi connectivity index (χ1v) is 7.49. The molecule has 0 aliphatic carbocycles. The number of urea groups is 1. The average Bonchev–Trinajstić information content (AvgIpc) is 2.54. The molecule has 1 spiro atoms. The highest BCUT2D eigenvalue weighted by Gasteiger charge is 2.52. The lowest BCUT2D eigenvalue weighted by atomic mass is 9.89. The molecule has 2 N–H and O–H groups in total. The van der Waals surface area contributed by atoms with E-state index in [0.29, 0.717) is 0 Å². The minimum atomic E-state index is -3.04. The van der Waals surface area contributed by atoms with Crippen LogP contribution in [0.25, 0.3) is 0 Å². The normalized spacial score (nSPS) is 26.8. The molecule has 1 unspecified atom stereocenters. The van der Waals surface area contributed by atoms with Gasteiger partial charge in [0, 0.05) is 0 Å². The van der Waals surface area contributed by atoms with Gasteiger partial charge in [0.1, 0.15) is 11.4 Å². The van der Waals surface area contributed by atoms with Gasteiger partial charge in [0.2, 0.25) is 0 Å². The Labute approximate surface area is 106 Å². The third kappa shape index (κ3) is 1.77. The quantitative estimate of drug-likeness (QED) is 0.664. The first-order valence-electron chi connectivity index (χ1n) is 5.67. The maximum Gasteiger partial charge on any atom is 0.347 e. The van der Waals surface area contributed by atoms with E-state index in [2.05, 4.69) is 10.9 Å². The molecule has 0 radical (unpaired) electrons. The summed E-state index contributed by atoms with van der Waals surface area (Å²) < 4.78 is 23.0. The fourth-order valence-electron chi connectivity index (χ4n) is 2.55. The Hall–Kier alpha value is -1.55. The minimum Gasteiger partial charge on any atom is -0.385 e. The van der Waals surface area contributed by atoms with Crippen molar-refractivity contribution in [2.24, 2.45) is 10.7 Å². The molecule has 0 aromatic carbocycles. The Balaban J connectivity index is 2.38. The number of aliphatic imine (C=N–C) groups is 1. The van der Waals surface area contributed by atoms with Crippen molar-refractivity contribution in [1.82, 2.24) is 4.90 Å². The van der Waals surface area contributed by atoms with Crippen LogP contribution in [0.3, 0.4) is 0 Å². The van der Waals surface area contributed by atoms with Gasteiger partial charge in [0.25, 0.3) is 0 Å². The molecule has 2 aliphatic heterocycles. The van der Waals surface area contributed by atoms with Crippen LogP contribution in [0.4, 0.5) is 4.79 Å². The largest absolute Gasteiger partial charge is 0.385 e. The van der Waals surface area contributed by atoms with Gasteiger partial charge >= 0.3 is 6.03 Å². The van der Waals surface area contributed by atoms with Gasteiger partial charge in [0.05, 0.1) is 17.5 Å². The predicted octanol–water partition coefficient (Wildman–Crippen LogP) is -0.252. The number of terminal acetylenes is 1. The molecular weight excluding hydrogens is 254 g/mol. The molecule has 98 valence electrons. The Morgan fingerprint density at radius 3 is 2.56 bits per heavy atom. The van der Waals surface area contributed by atoms with Crippen LogP contribution in [0.15, 0.2) is 4.99 Å². The van der Waals surface area contributed by atoms with Crippen molar-refractivity contribution in [3.05, 3.63) is 0 Å². The molecule has 2 heterocycles. The van der Waals surface area contributed by atoms with Crippen LogP contribution >= 0.6 is 0 Å². The Morgan fingerprint density at radius 2 is 2.06 bits per heavy atom. The SMILES string of the molecule is C#CC(C)N1C(=O)N=C(N)C12CCS(=O)(=O)CC2. The molecule has 0 bridgehead atoms. The molecule has 2 amide bonds. The van der Waals surface area contributed by atoms with Crippen molar-refractivity contribution >= 4 is 21.7 Å². The van der Waals surface area contributed by atoms with E-state index in [-0.39, 0.29) is 30.2 Å². The second-order valence-corrected chi connectivity index (χ2v) is 6.98. The van der Waals surface area contributed by atoms with Gasteiger partial charge in [0.15, 0.2) is 9.84 Å². The summed E-state index contributed by atoms with van der Waals surface area (Å²) in [5.41, 5.74) is 5.02. The fourth-order valence-corrected chi connectivity index (χ4v) is 4.05. The predicted molar refractivity (Wildman–Crippen MR) is 67.8 cm³/mol. The highest BCUT2D eigenvalue weighted by atomic mass is 32.2. The lowest BCUT2D eigenvalue weighted by Crippen LogP contribution is -2.60. The van der Waals surface area contributed by atoms with E-state index >= 15 is 0 Å². The molecule has 7 heteroatoms. The third-order valence-electron chi connectivity index (χ3n) is 3.64. The Morgan fingerprint density at radius 1 is 1.50 bits per heavy atom. The fraction of sp³-hybridized carbons (Fsp3) is 0.636. The highest BCUT2D eigenvalue weighted by molar-refractivity contribution is 7.91. The van der Waals surface area contributed by atoms with Crippen LogP contribution < -0.4 is 5.73 Å². The zero-order valence-corrected chi connectivity index (χ0v) is 10.9. The number of nitrogens with two attached hydrogens (primary N) is 1. The van der Waals surface area contributed by atoms with Gasteiger partial charge in [-0.15, -0.1) is 6.42 Å². The molecule has 18 heavy (non-hydrogen) atoms. The van der Waals surface area contributed by atoms with Crippen molar-refractivity contribution in [2.75, 3.05) is 11.5 Å². The van der Waals surface area contributed by atoms with Crippen molar-refractivity contribution < 1.29 is 13.2 Å². The van der Waals surface area contributed by atoms with Crippen LogP contribution in [-0.4, -0.2) is 48.3 Å². The molecule has 1 saturated heterocycles. The summed E-state index contributed by atoms with van der Waals surface area (Å²) in [6, 6.07) is -0.930. The maximum absolute atomic E-state index is 11.8. The minimum absolute atomic E-state index is 0.00426. The molecule has 1 atom stereocenters. The van der Waals surface area contributed by atoms with E-state index in [1.54, 1.807) is 6.92 Å². The van der Waals surface area contributed by atoms with Crippen molar-refractivity contribution in [1.29, 1.82) is 0 Å². The first-order chi connectivity index (χ1) is 8.32. The number of rotatable bonds is 1. The summed E-state index contributed by atoms with van der Waals surface area (Å²) in [6.07, 6.45) is 5.88. The summed E-state index contributed by atoms with van der Waals surface area (Å²) in [6.45, 7) is 1.71. The van der Waals surface area contributed by atoms with Crippen LogP contribution in [0.2, 0.25) is 0 Å². The smallest absolute Gasteiger partial charge is 0.347 e. The number of nitrogens with zero attached hydrogens (tertiary/aromatic N) is 2. The van der Waals surface area contributed by atoms with Gasteiger partial charge in [-0.05, 0) is 19.8 Å². The summed E-state index contributed by atoms with van der Waals surface area (Å²) in [5.74, 6) is 2.67. The van der Waals surface area contributed by atoms with Crippen LogP contribution in [-0.2, 0) is 9.84 Å². The standard InChI is InChI=1S/C11H15N3O3S/c1-3-8(2)14-10(15)13-9(12)11(14)4-6-18(16,17)7-5-11/h1,8H,4-7H2,2H3,(H2,12,13,15). The van der Waals surface area contributed by atoms with Gasteiger partial charge in [-0.3, -0.25) is 4.90 Å². The van der Waals surface area contributed by atoms with E-state index in [1.165, 1.54) is 4.90 Å². The van der Waals surface area contributed by atoms with E-state index < -0.39 is 27.4 Å². The van der Waals surface area contributed by atoms with E-state index in [1.807, 2.05) is 0 Å².